The van der Waals surface area contributed by atoms with Crippen LogP contribution >= 0.6 is 11.8 Å². The van der Waals surface area contributed by atoms with Crippen molar-refractivity contribution in [1.82, 2.24) is 0 Å². The molecule has 0 fully saturated rings. The number of thiocyanates is 1. The van der Waals surface area contributed by atoms with Crippen LogP contribution in [-0.2, 0) is 16.0 Å². The van der Waals surface area contributed by atoms with Crippen molar-refractivity contribution < 1.29 is 14.6 Å². The molecule has 0 heterocycles. The minimum absolute atomic E-state index is 0.201. The number of allylic oxidation sites excluding steroid dienone is 1. The molecule has 0 aliphatic rings. The van der Waals surface area contributed by atoms with E-state index in [0.717, 1.165) is 22.2 Å². The zero-order valence-corrected chi connectivity index (χ0v) is 11.4. The van der Waals surface area contributed by atoms with Crippen LogP contribution in [0.1, 0.15) is 18.9 Å². The Labute approximate surface area is 116 Å². The Morgan fingerprint density at radius 2 is 2.37 bits per heavy atom. The number of phenolic OH excluding ortho intramolecular Hbond substituents is 1. The van der Waals surface area contributed by atoms with Gasteiger partial charge in [-0.05, 0) is 55.3 Å². The molecule has 0 unspecified atom stereocenters. The minimum atomic E-state index is -0.361. The molecular weight excluding hydrogens is 262 g/mol. The topological polar surface area (TPSA) is 70.3 Å². The van der Waals surface area contributed by atoms with Gasteiger partial charge in [0, 0.05) is 11.0 Å². The quantitative estimate of drug-likeness (QED) is 0.374. The van der Waals surface area contributed by atoms with Gasteiger partial charge < -0.3 is 9.84 Å². The number of aromatic hydroxyl groups is 1. The lowest BCUT2D eigenvalue weighted by Crippen LogP contribution is -1.98. The van der Waals surface area contributed by atoms with Crippen molar-refractivity contribution in [2.24, 2.45) is 0 Å². The molecule has 5 heteroatoms. The molecule has 0 aromatic heterocycles. The molecule has 4 nitrogen and oxygen atoms in total. The summed E-state index contributed by atoms with van der Waals surface area (Å²) in [6.07, 6.45) is 4.31. The lowest BCUT2D eigenvalue weighted by Gasteiger charge is -2.04. The fourth-order valence-corrected chi connectivity index (χ4v) is 1.93. The lowest BCUT2D eigenvalue weighted by molar-refractivity contribution is -0.137. The van der Waals surface area contributed by atoms with Crippen molar-refractivity contribution in [3.8, 4) is 11.2 Å². The van der Waals surface area contributed by atoms with E-state index in [2.05, 4.69) is 0 Å². The van der Waals surface area contributed by atoms with Gasteiger partial charge in [-0.25, -0.2) is 4.79 Å². The second kappa shape index (κ2) is 8.22. The van der Waals surface area contributed by atoms with Crippen molar-refractivity contribution in [1.29, 1.82) is 5.26 Å². The number of carbonyl (C=O) groups excluding carboxylic acids is 1. The van der Waals surface area contributed by atoms with E-state index in [9.17, 15) is 9.90 Å². The minimum Gasteiger partial charge on any atom is -0.508 e. The van der Waals surface area contributed by atoms with E-state index in [-0.39, 0.29) is 11.7 Å². The van der Waals surface area contributed by atoms with E-state index in [0.29, 0.717) is 19.4 Å². The van der Waals surface area contributed by atoms with Gasteiger partial charge in [-0.3, -0.25) is 0 Å². The number of nitriles is 1. The summed E-state index contributed by atoms with van der Waals surface area (Å²) < 4.78 is 4.75. The van der Waals surface area contributed by atoms with E-state index in [1.54, 1.807) is 31.2 Å². The van der Waals surface area contributed by atoms with Gasteiger partial charge in [0.25, 0.3) is 0 Å². The van der Waals surface area contributed by atoms with Gasteiger partial charge in [0.2, 0.25) is 0 Å². The molecule has 1 aromatic carbocycles. The summed E-state index contributed by atoms with van der Waals surface area (Å²) in [7, 11) is 0. The van der Waals surface area contributed by atoms with Crippen LogP contribution in [-0.4, -0.2) is 17.7 Å². The zero-order valence-electron chi connectivity index (χ0n) is 10.6. The molecule has 1 aromatic rings. The van der Waals surface area contributed by atoms with E-state index in [1.165, 1.54) is 6.08 Å². The van der Waals surface area contributed by atoms with Crippen LogP contribution in [0.4, 0.5) is 0 Å². The number of carbonyl (C=O) groups is 1. The highest BCUT2D eigenvalue weighted by Crippen LogP contribution is 2.25. The molecule has 0 amide bonds. The molecule has 1 N–H and O–H groups in total. The number of hydrogen-bond donors (Lipinski definition) is 1. The molecule has 100 valence electrons. The third-order valence-corrected chi connectivity index (χ3v) is 2.92. The summed E-state index contributed by atoms with van der Waals surface area (Å²) in [4.78, 5) is 11.9. The molecule has 0 aliphatic heterocycles. The standard InChI is InChI=1S/C14H15NO3S/c1-2-18-14(17)6-4-3-5-11-9-12(19-10-15)7-8-13(11)16/h4,6-9,16H,2-3,5H2,1H3/b6-4+. The van der Waals surface area contributed by atoms with Crippen LogP contribution in [0, 0.1) is 10.7 Å². The molecule has 0 atom stereocenters. The fraction of sp³-hybridized carbons (Fsp3) is 0.286. The Kier molecular flexibility index (Phi) is 6.55. The maximum absolute atomic E-state index is 11.1. The Morgan fingerprint density at radius 3 is 3.05 bits per heavy atom. The Balaban J connectivity index is 2.55. The predicted molar refractivity (Wildman–Crippen MR) is 73.7 cm³/mol. The molecule has 0 radical (unpaired) electrons. The smallest absolute Gasteiger partial charge is 0.330 e. The zero-order chi connectivity index (χ0) is 14.1. The van der Waals surface area contributed by atoms with Gasteiger partial charge in [0.15, 0.2) is 0 Å². The third kappa shape index (κ3) is 5.49. The molecule has 0 saturated heterocycles. The molecule has 0 spiro atoms. The van der Waals surface area contributed by atoms with Gasteiger partial charge in [0.05, 0.1) is 6.61 Å². The van der Waals surface area contributed by atoms with Crippen LogP contribution in [0.2, 0.25) is 0 Å². The maximum Gasteiger partial charge on any atom is 0.330 e. The number of benzene rings is 1. The van der Waals surface area contributed by atoms with Gasteiger partial charge >= 0.3 is 5.97 Å². The first-order valence-corrected chi connectivity index (χ1v) is 6.70. The van der Waals surface area contributed by atoms with E-state index in [4.69, 9.17) is 10.00 Å². The van der Waals surface area contributed by atoms with Crippen molar-refractivity contribution in [2.75, 3.05) is 6.61 Å². The van der Waals surface area contributed by atoms with E-state index >= 15 is 0 Å². The first-order valence-electron chi connectivity index (χ1n) is 5.88. The number of rotatable bonds is 6. The van der Waals surface area contributed by atoms with Crippen molar-refractivity contribution in [3.63, 3.8) is 0 Å². The molecule has 19 heavy (non-hydrogen) atoms. The highest BCUT2D eigenvalue weighted by atomic mass is 32.2. The predicted octanol–water partition coefficient (Wildman–Crippen LogP) is 3.02. The van der Waals surface area contributed by atoms with Crippen LogP contribution < -0.4 is 0 Å². The van der Waals surface area contributed by atoms with Crippen LogP contribution in [0.3, 0.4) is 0 Å². The van der Waals surface area contributed by atoms with Crippen molar-refractivity contribution in [2.45, 2.75) is 24.7 Å². The van der Waals surface area contributed by atoms with Crippen LogP contribution in [0.15, 0.2) is 35.2 Å². The number of nitrogens with zero attached hydrogens (tertiary/aromatic N) is 1. The highest BCUT2D eigenvalue weighted by Gasteiger charge is 2.03. The highest BCUT2D eigenvalue weighted by molar-refractivity contribution is 8.03. The summed E-state index contributed by atoms with van der Waals surface area (Å²) >= 11 is 1.05. The Morgan fingerprint density at radius 1 is 1.58 bits per heavy atom. The summed E-state index contributed by atoms with van der Waals surface area (Å²) in [6, 6.07) is 5.05. The lowest BCUT2D eigenvalue weighted by atomic mass is 10.1. The van der Waals surface area contributed by atoms with Gasteiger partial charge in [-0.1, -0.05) is 6.08 Å². The number of hydrogen-bond acceptors (Lipinski definition) is 5. The summed E-state index contributed by atoms with van der Waals surface area (Å²) in [5.41, 5.74) is 0.758. The molecule has 0 saturated carbocycles. The number of thioether (sulfide) groups is 1. The SMILES string of the molecule is CCOC(=O)/C=C/CCc1cc(SC#N)ccc1O. The second-order valence-corrected chi connectivity index (χ2v) is 4.54. The monoisotopic (exact) mass is 277 g/mol. The summed E-state index contributed by atoms with van der Waals surface area (Å²) in [5.74, 6) is -0.160. The van der Waals surface area contributed by atoms with Crippen LogP contribution in [0.5, 0.6) is 5.75 Å². The molecule has 0 aliphatic carbocycles. The normalized spacial score (nSPS) is 10.3. The van der Waals surface area contributed by atoms with Gasteiger partial charge in [-0.2, -0.15) is 5.26 Å². The van der Waals surface area contributed by atoms with Crippen LogP contribution in [0.25, 0.3) is 0 Å². The first-order chi connectivity index (χ1) is 9.17. The van der Waals surface area contributed by atoms with E-state index < -0.39 is 0 Å². The fourth-order valence-electron chi connectivity index (χ4n) is 1.49. The van der Waals surface area contributed by atoms with Crippen molar-refractivity contribution in [3.05, 3.63) is 35.9 Å². The average molecular weight is 277 g/mol. The number of aryl methyl sites for hydroxylation is 1. The Hall–Kier alpha value is -1.93. The first kappa shape index (κ1) is 15.1. The Bertz CT molecular complexity index is 506. The summed E-state index contributed by atoms with van der Waals surface area (Å²) in [6.45, 7) is 2.11. The van der Waals surface area contributed by atoms with E-state index in [1.807, 2.05) is 5.40 Å². The van der Waals surface area contributed by atoms with Crippen molar-refractivity contribution >= 4 is 17.7 Å². The third-order valence-electron chi connectivity index (χ3n) is 2.34. The summed E-state index contributed by atoms with van der Waals surface area (Å²) in [5, 5.41) is 20.3. The maximum atomic E-state index is 11.1. The second-order valence-electron chi connectivity index (χ2n) is 3.68. The number of esters is 1. The molecular formula is C14H15NO3S. The number of phenols is 1. The van der Waals surface area contributed by atoms with Gasteiger partial charge in [-0.15, -0.1) is 0 Å². The molecule has 1 rings (SSSR count). The molecule has 0 bridgehead atoms. The number of ether oxygens (including phenoxy) is 1. The average Bonchev–Trinajstić information content (AvgIpc) is 2.39. The van der Waals surface area contributed by atoms with Gasteiger partial charge in [0.1, 0.15) is 11.2 Å². The largest absolute Gasteiger partial charge is 0.508 e.